The smallest absolute Gasteiger partial charge is 0.234 e. The summed E-state index contributed by atoms with van der Waals surface area (Å²) in [5, 5.41) is 0. The van der Waals surface area contributed by atoms with Gasteiger partial charge in [-0.1, -0.05) is 0 Å². The van der Waals surface area contributed by atoms with Crippen molar-refractivity contribution in [1.82, 2.24) is 0 Å². The maximum Gasteiger partial charge on any atom is 0.234 e. The van der Waals surface area contributed by atoms with Crippen molar-refractivity contribution < 1.29 is 12.8 Å². The Morgan fingerprint density at radius 1 is 1.35 bits per heavy atom. The number of sulfonamides is 1. The van der Waals surface area contributed by atoms with Crippen LogP contribution in [0.25, 0.3) is 0 Å². The van der Waals surface area contributed by atoms with Crippen LogP contribution in [0.5, 0.6) is 0 Å². The molecule has 6 heteroatoms. The van der Waals surface area contributed by atoms with Gasteiger partial charge in [-0.2, -0.15) is 0 Å². The van der Waals surface area contributed by atoms with Crippen LogP contribution in [-0.4, -0.2) is 20.7 Å². The molecule has 0 fully saturated rings. The van der Waals surface area contributed by atoms with Gasteiger partial charge >= 0.3 is 0 Å². The molecule has 0 spiro atoms. The van der Waals surface area contributed by atoms with Crippen LogP contribution in [0.2, 0.25) is 0 Å². The van der Waals surface area contributed by atoms with Gasteiger partial charge in [-0.15, -0.1) is 0 Å². The minimum Gasteiger partial charge on any atom is -0.326 e. The number of hydrogen-bond acceptors (Lipinski definition) is 3. The number of halogens is 1. The number of benzene rings is 1. The Morgan fingerprint density at radius 3 is 2.47 bits per heavy atom. The molecule has 1 aromatic carbocycles. The van der Waals surface area contributed by atoms with Crippen LogP contribution in [0.1, 0.15) is 19.4 Å². The normalized spacial score (nSPS) is 11.5. The highest BCUT2D eigenvalue weighted by Gasteiger charge is 2.19. The maximum absolute atomic E-state index is 13.3. The lowest BCUT2D eigenvalue weighted by atomic mass is 10.2. The minimum absolute atomic E-state index is 0.0101. The Balaban J connectivity index is 3.22. The zero-order valence-corrected chi connectivity index (χ0v) is 10.8. The SMILES string of the molecule is CCN(c1ccc(F)c(CN)c1)S(=O)(=O)CC. The van der Waals surface area contributed by atoms with E-state index in [-0.39, 0.29) is 12.3 Å². The lowest BCUT2D eigenvalue weighted by Gasteiger charge is -2.22. The van der Waals surface area contributed by atoms with Gasteiger partial charge in [-0.25, -0.2) is 12.8 Å². The largest absolute Gasteiger partial charge is 0.326 e. The summed E-state index contributed by atoms with van der Waals surface area (Å²) in [6.45, 7) is 3.67. The highest BCUT2D eigenvalue weighted by Crippen LogP contribution is 2.21. The van der Waals surface area contributed by atoms with Crippen molar-refractivity contribution in [2.75, 3.05) is 16.6 Å². The predicted molar refractivity (Wildman–Crippen MR) is 66.8 cm³/mol. The van der Waals surface area contributed by atoms with Gasteiger partial charge in [0.25, 0.3) is 0 Å². The van der Waals surface area contributed by atoms with Gasteiger partial charge < -0.3 is 5.73 Å². The average molecular weight is 260 g/mol. The number of nitrogens with two attached hydrogens (primary N) is 1. The van der Waals surface area contributed by atoms with E-state index in [9.17, 15) is 12.8 Å². The fourth-order valence-corrected chi connectivity index (χ4v) is 2.71. The molecule has 1 rings (SSSR count). The molecule has 2 N–H and O–H groups in total. The molecule has 0 heterocycles. The molecule has 0 aromatic heterocycles. The number of hydrogen-bond donors (Lipinski definition) is 1. The third kappa shape index (κ3) is 2.95. The van der Waals surface area contributed by atoms with Crippen LogP contribution in [-0.2, 0) is 16.6 Å². The summed E-state index contributed by atoms with van der Waals surface area (Å²) in [5.41, 5.74) is 6.16. The average Bonchev–Trinajstić information content (AvgIpc) is 2.31. The van der Waals surface area contributed by atoms with Crippen LogP contribution in [0.4, 0.5) is 10.1 Å². The summed E-state index contributed by atoms with van der Waals surface area (Å²) >= 11 is 0. The molecule has 0 saturated carbocycles. The van der Waals surface area contributed by atoms with Gasteiger partial charge in [0.1, 0.15) is 5.82 Å². The second-order valence-corrected chi connectivity index (χ2v) is 5.73. The van der Waals surface area contributed by atoms with Gasteiger partial charge in [0, 0.05) is 18.7 Å². The van der Waals surface area contributed by atoms with Crippen molar-refractivity contribution in [2.24, 2.45) is 5.73 Å². The summed E-state index contributed by atoms with van der Waals surface area (Å²) in [6.07, 6.45) is 0. The summed E-state index contributed by atoms with van der Waals surface area (Å²) in [5.74, 6) is -0.405. The predicted octanol–water partition coefficient (Wildman–Crippen LogP) is 1.46. The lowest BCUT2D eigenvalue weighted by molar-refractivity contribution is 0.592. The molecule has 0 atom stereocenters. The lowest BCUT2D eigenvalue weighted by Crippen LogP contribution is -2.32. The molecular formula is C11H17FN2O2S. The van der Waals surface area contributed by atoms with Crippen molar-refractivity contribution in [1.29, 1.82) is 0 Å². The highest BCUT2D eigenvalue weighted by molar-refractivity contribution is 7.92. The molecule has 0 radical (unpaired) electrons. The first-order chi connectivity index (χ1) is 7.96. The van der Waals surface area contributed by atoms with Gasteiger partial charge in [0.2, 0.25) is 10.0 Å². The van der Waals surface area contributed by atoms with Gasteiger partial charge in [-0.3, -0.25) is 4.31 Å². The van der Waals surface area contributed by atoms with E-state index < -0.39 is 15.8 Å². The van der Waals surface area contributed by atoms with E-state index in [2.05, 4.69) is 0 Å². The van der Waals surface area contributed by atoms with Crippen molar-refractivity contribution in [3.8, 4) is 0 Å². The molecule has 96 valence electrons. The van der Waals surface area contributed by atoms with E-state index in [1.165, 1.54) is 22.5 Å². The first kappa shape index (κ1) is 13.9. The molecule has 4 nitrogen and oxygen atoms in total. The first-order valence-electron chi connectivity index (χ1n) is 5.45. The van der Waals surface area contributed by atoms with E-state index in [0.29, 0.717) is 17.8 Å². The number of rotatable bonds is 5. The number of nitrogens with zero attached hydrogens (tertiary/aromatic N) is 1. The van der Waals surface area contributed by atoms with E-state index in [1.54, 1.807) is 13.8 Å². The van der Waals surface area contributed by atoms with Crippen LogP contribution in [0, 0.1) is 5.82 Å². The molecule has 17 heavy (non-hydrogen) atoms. The highest BCUT2D eigenvalue weighted by atomic mass is 32.2. The Morgan fingerprint density at radius 2 is 2.00 bits per heavy atom. The fraction of sp³-hybridized carbons (Fsp3) is 0.455. The van der Waals surface area contributed by atoms with Crippen LogP contribution < -0.4 is 10.0 Å². The Hall–Kier alpha value is -1.14. The zero-order chi connectivity index (χ0) is 13.1. The van der Waals surface area contributed by atoms with E-state index in [4.69, 9.17) is 5.73 Å². The summed E-state index contributed by atoms with van der Waals surface area (Å²) in [7, 11) is -3.33. The zero-order valence-electron chi connectivity index (χ0n) is 9.98. The maximum atomic E-state index is 13.3. The topological polar surface area (TPSA) is 63.4 Å². The van der Waals surface area contributed by atoms with Crippen molar-refractivity contribution in [2.45, 2.75) is 20.4 Å². The summed E-state index contributed by atoms with van der Waals surface area (Å²) < 4.78 is 38.2. The molecular weight excluding hydrogens is 243 g/mol. The standard InChI is InChI=1S/C11H17FN2O2S/c1-3-14(17(15,16)4-2)10-5-6-11(12)9(7-10)8-13/h5-7H,3-4,8,13H2,1-2H3. The van der Waals surface area contributed by atoms with E-state index >= 15 is 0 Å². The Bertz CT molecular complexity index is 488. The van der Waals surface area contributed by atoms with Crippen LogP contribution >= 0.6 is 0 Å². The molecule has 1 aromatic rings. The second-order valence-electron chi connectivity index (χ2n) is 3.55. The van der Waals surface area contributed by atoms with E-state index in [1.807, 2.05) is 0 Å². The number of anilines is 1. The third-order valence-electron chi connectivity index (χ3n) is 2.52. The first-order valence-corrected chi connectivity index (χ1v) is 7.06. The molecule has 0 aliphatic rings. The molecule has 0 bridgehead atoms. The summed E-state index contributed by atoms with van der Waals surface area (Å²) in [4.78, 5) is 0. The quantitative estimate of drug-likeness (QED) is 0.871. The minimum atomic E-state index is -3.33. The van der Waals surface area contributed by atoms with Gasteiger partial charge in [0.05, 0.1) is 11.4 Å². The van der Waals surface area contributed by atoms with Crippen molar-refractivity contribution in [3.63, 3.8) is 0 Å². The Labute approximate surface area is 101 Å². The molecule has 0 aliphatic carbocycles. The Kier molecular flexibility index (Phi) is 4.47. The van der Waals surface area contributed by atoms with Crippen LogP contribution in [0.15, 0.2) is 18.2 Å². The van der Waals surface area contributed by atoms with Gasteiger partial charge in [0.15, 0.2) is 0 Å². The molecule has 0 amide bonds. The monoisotopic (exact) mass is 260 g/mol. The van der Waals surface area contributed by atoms with Crippen molar-refractivity contribution in [3.05, 3.63) is 29.6 Å². The van der Waals surface area contributed by atoms with Gasteiger partial charge in [-0.05, 0) is 32.0 Å². The summed E-state index contributed by atoms with van der Waals surface area (Å²) in [6, 6.07) is 4.17. The van der Waals surface area contributed by atoms with Crippen LogP contribution in [0.3, 0.4) is 0 Å². The van der Waals surface area contributed by atoms with E-state index in [0.717, 1.165) is 0 Å². The van der Waals surface area contributed by atoms with Crippen molar-refractivity contribution >= 4 is 15.7 Å². The molecule has 0 saturated heterocycles. The molecule has 0 aliphatic heterocycles. The third-order valence-corrected chi connectivity index (χ3v) is 4.40. The molecule has 0 unspecified atom stereocenters. The fourth-order valence-electron chi connectivity index (χ4n) is 1.57. The second kappa shape index (κ2) is 5.46.